The number of rotatable bonds is 3. The number of hydrogen-bond donors (Lipinski definition) is 2. The molecule has 0 saturated heterocycles. The molecule has 0 atom stereocenters. The largest absolute Gasteiger partial charge is 0.360 e. The van der Waals surface area contributed by atoms with Gasteiger partial charge < -0.3 is 9.51 Å². The standard InChI is InChI=1S/C13H13N3O3S/c1-8-13(9(2)19-15-8)20(17,18)16-11-5-3-4-10-6-7-14-12(10)11/h3-7,14,16H,1-2H3. The lowest BCUT2D eigenvalue weighted by Crippen LogP contribution is -2.14. The molecule has 2 N–H and O–H groups in total. The number of hydrogen-bond acceptors (Lipinski definition) is 4. The van der Waals surface area contributed by atoms with Crippen LogP contribution >= 0.6 is 0 Å². The number of aryl methyl sites for hydroxylation is 2. The molecular formula is C13H13N3O3S. The van der Waals surface area contributed by atoms with Gasteiger partial charge in [-0.3, -0.25) is 4.72 Å². The lowest BCUT2D eigenvalue weighted by molar-refractivity contribution is 0.390. The molecule has 3 aromatic rings. The Morgan fingerprint density at radius 3 is 2.75 bits per heavy atom. The summed E-state index contributed by atoms with van der Waals surface area (Å²) in [5, 5.41) is 4.61. The molecule has 0 amide bonds. The van der Waals surface area contributed by atoms with Crippen molar-refractivity contribution >= 4 is 26.6 Å². The monoisotopic (exact) mass is 291 g/mol. The highest BCUT2D eigenvalue weighted by molar-refractivity contribution is 7.92. The zero-order valence-corrected chi connectivity index (χ0v) is 11.8. The number of benzene rings is 1. The molecule has 0 saturated carbocycles. The molecule has 0 bridgehead atoms. The Morgan fingerprint density at radius 2 is 2.05 bits per heavy atom. The molecule has 6 nitrogen and oxygen atoms in total. The number of nitrogens with zero attached hydrogens (tertiary/aromatic N) is 1. The summed E-state index contributed by atoms with van der Waals surface area (Å²) in [5.74, 6) is 0.272. The van der Waals surface area contributed by atoms with Gasteiger partial charge in [0, 0.05) is 11.6 Å². The van der Waals surface area contributed by atoms with Crippen LogP contribution in [0, 0.1) is 13.8 Å². The minimum atomic E-state index is -3.73. The number of nitrogens with one attached hydrogen (secondary N) is 2. The van der Waals surface area contributed by atoms with E-state index >= 15 is 0 Å². The van der Waals surface area contributed by atoms with E-state index in [1.165, 1.54) is 0 Å². The molecule has 2 aromatic heterocycles. The van der Waals surface area contributed by atoms with Crippen LogP contribution in [0.1, 0.15) is 11.5 Å². The average molecular weight is 291 g/mol. The molecule has 0 aliphatic rings. The van der Waals surface area contributed by atoms with Crippen LogP contribution in [-0.4, -0.2) is 18.6 Å². The second-order valence-corrected chi connectivity index (χ2v) is 6.13. The van der Waals surface area contributed by atoms with Crippen molar-refractivity contribution in [1.82, 2.24) is 10.1 Å². The van der Waals surface area contributed by atoms with Crippen LogP contribution in [0.5, 0.6) is 0 Å². The van der Waals surface area contributed by atoms with Crippen molar-refractivity contribution in [3.05, 3.63) is 41.9 Å². The van der Waals surface area contributed by atoms with Crippen molar-refractivity contribution < 1.29 is 12.9 Å². The topological polar surface area (TPSA) is 88.0 Å². The van der Waals surface area contributed by atoms with Crippen LogP contribution in [-0.2, 0) is 10.0 Å². The first kappa shape index (κ1) is 12.7. The van der Waals surface area contributed by atoms with Gasteiger partial charge in [0.1, 0.15) is 5.69 Å². The van der Waals surface area contributed by atoms with E-state index in [1.807, 2.05) is 12.1 Å². The molecular weight excluding hydrogens is 278 g/mol. The van der Waals surface area contributed by atoms with Crippen LogP contribution in [0.3, 0.4) is 0 Å². The fourth-order valence-electron chi connectivity index (χ4n) is 2.22. The van der Waals surface area contributed by atoms with Crippen molar-refractivity contribution in [2.24, 2.45) is 0 Å². The predicted octanol–water partition coefficient (Wildman–Crippen LogP) is 2.57. The van der Waals surface area contributed by atoms with Crippen molar-refractivity contribution in [2.75, 3.05) is 4.72 Å². The Morgan fingerprint density at radius 1 is 1.25 bits per heavy atom. The summed E-state index contributed by atoms with van der Waals surface area (Å²) in [6.45, 7) is 3.17. The number of anilines is 1. The molecule has 20 heavy (non-hydrogen) atoms. The first-order valence-corrected chi connectivity index (χ1v) is 7.49. The summed E-state index contributed by atoms with van der Waals surface area (Å²) in [5.41, 5.74) is 1.57. The average Bonchev–Trinajstić information content (AvgIpc) is 2.96. The van der Waals surface area contributed by atoms with E-state index in [0.29, 0.717) is 11.4 Å². The van der Waals surface area contributed by atoms with Gasteiger partial charge in [-0.15, -0.1) is 0 Å². The molecule has 2 heterocycles. The van der Waals surface area contributed by atoms with Gasteiger partial charge in [-0.1, -0.05) is 17.3 Å². The Labute approximate surface area is 115 Å². The maximum atomic E-state index is 12.4. The first-order chi connectivity index (χ1) is 9.49. The number of para-hydroxylation sites is 1. The summed E-state index contributed by atoms with van der Waals surface area (Å²) >= 11 is 0. The van der Waals surface area contributed by atoms with Crippen molar-refractivity contribution in [3.63, 3.8) is 0 Å². The molecule has 0 fully saturated rings. The van der Waals surface area contributed by atoms with E-state index in [-0.39, 0.29) is 10.7 Å². The minimum Gasteiger partial charge on any atom is -0.360 e. The van der Waals surface area contributed by atoms with Crippen LogP contribution in [0.2, 0.25) is 0 Å². The van der Waals surface area contributed by atoms with Gasteiger partial charge in [0.25, 0.3) is 10.0 Å². The van der Waals surface area contributed by atoms with Crippen molar-refractivity contribution in [3.8, 4) is 0 Å². The molecule has 0 radical (unpaired) electrons. The third kappa shape index (κ3) is 1.96. The fourth-order valence-corrected chi connectivity index (χ4v) is 3.63. The highest BCUT2D eigenvalue weighted by Crippen LogP contribution is 2.26. The predicted molar refractivity (Wildman–Crippen MR) is 75.1 cm³/mol. The zero-order valence-electron chi connectivity index (χ0n) is 11.0. The van der Waals surface area contributed by atoms with Gasteiger partial charge in [-0.25, -0.2) is 8.42 Å². The van der Waals surface area contributed by atoms with Crippen molar-refractivity contribution in [1.29, 1.82) is 0 Å². The van der Waals surface area contributed by atoms with Gasteiger partial charge >= 0.3 is 0 Å². The Hall–Kier alpha value is -2.28. The second-order valence-electron chi connectivity index (χ2n) is 4.51. The number of H-pyrrole nitrogens is 1. The molecule has 3 rings (SSSR count). The maximum Gasteiger partial charge on any atom is 0.267 e. The number of fused-ring (bicyclic) bond motifs is 1. The smallest absolute Gasteiger partial charge is 0.267 e. The van der Waals surface area contributed by atoms with Crippen LogP contribution < -0.4 is 4.72 Å². The van der Waals surface area contributed by atoms with E-state index in [0.717, 1.165) is 10.9 Å². The fraction of sp³-hybridized carbons (Fsp3) is 0.154. The lowest BCUT2D eigenvalue weighted by Gasteiger charge is -2.08. The number of aromatic amines is 1. The molecule has 104 valence electrons. The van der Waals surface area contributed by atoms with E-state index in [4.69, 9.17) is 4.52 Å². The normalized spacial score (nSPS) is 11.9. The SMILES string of the molecule is Cc1noc(C)c1S(=O)(=O)Nc1cccc2cc[nH]c12. The third-order valence-electron chi connectivity index (χ3n) is 3.07. The summed E-state index contributed by atoms with van der Waals surface area (Å²) in [7, 11) is -3.73. The molecule has 0 spiro atoms. The second kappa shape index (κ2) is 4.38. The van der Waals surface area contributed by atoms with E-state index in [9.17, 15) is 8.42 Å². The lowest BCUT2D eigenvalue weighted by atomic mass is 10.2. The molecule has 0 aliphatic heterocycles. The summed E-state index contributed by atoms with van der Waals surface area (Å²) in [6.07, 6.45) is 1.76. The summed E-state index contributed by atoms with van der Waals surface area (Å²) in [6, 6.07) is 7.28. The minimum absolute atomic E-state index is 0.0843. The van der Waals surface area contributed by atoms with Gasteiger partial charge in [-0.2, -0.15) is 0 Å². The van der Waals surface area contributed by atoms with Crippen LogP contribution in [0.4, 0.5) is 5.69 Å². The highest BCUT2D eigenvalue weighted by atomic mass is 32.2. The van der Waals surface area contributed by atoms with Crippen LogP contribution in [0.15, 0.2) is 39.9 Å². The van der Waals surface area contributed by atoms with E-state index < -0.39 is 10.0 Å². The molecule has 7 heteroatoms. The van der Waals surface area contributed by atoms with E-state index in [1.54, 1.807) is 32.2 Å². The quantitative estimate of drug-likeness (QED) is 0.776. The van der Waals surface area contributed by atoms with Gasteiger partial charge in [0.2, 0.25) is 0 Å². The summed E-state index contributed by atoms with van der Waals surface area (Å²) < 4.78 is 32.4. The number of aromatic nitrogens is 2. The Balaban J connectivity index is 2.09. The van der Waals surface area contributed by atoms with Gasteiger partial charge in [0.15, 0.2) is 10.7 Å². The van der Waals surface area contributed by atoms with E-state index in [2.05, 4.69) is 14.9 Å². The summed E-state index contributed by atoms with van der Waals surface area (Å²) in [4.78, 5) is 3.10. The Kier molecular flexibility index (Phi) is 2.79. The van der Waals surface area contributed by atoms with Crippen LogP contribution in [0.25, 0.3) is 10.9 Å². The van der Waals surface area contributed by atoms with Crippen molar-refractivity contribution in [2.45, 2.75) is 18.7 Å². The third-order valence-corrected chi connectivity index (χ3v) is 4.68. The first-order valence-electron chi connectivity index (χ1n) is 6.01. The molecule has 0 aliphatic carbocycles. The molecule has 0 unspecified atom stereocenters. The zero-order chi connectivity index (χ0) is 14.3. The van der Waals surface area contributed by atoms with Gasteiger partial charge in [-0.05, 0) is 26.0 Å². The molecule has 1 aromatic carbocycles. The highest BCUT2D eigenvalue weighted by Gasteiger charge is 2.24. The number of sulfonamides is 1. The Bertz CT molecular complexity index is 858. The van der Waals surface area contributed by atoms with Gasteiger partial charge in [0.05, 0.1) is 11.2 Å². The maximum absolute atomic E-state index is 12.4.